The third kappa shape index (κ3) is 1.82. The van der Waals surface area contributed by atoms with E-state index >= 15 is 0 Å². The molecule has 1 heterocycles. The number of rotatable bonds is 3. The standard InChI is InChI=1S/C9H10ClN3S/c10-6-2-1-3-7-8(6)13-9(14-7)12-5-4-11/h1-3H,4-5,11H2,(H,12,13). The van der Waals surface area contributed by atoms with Gasteiger partial charge in [0.25, 0.3) is 0 Å². The average molecular weight is 228 g/mol. The van der Waals surface area contributed by atoms with Crippen LogP contribution in [0.2, 0.25) is 5.02 Å². The van der Waals surface area contributed by atoms with Crippen LogP contribution in [0.3, 0.4) is 0 Å². The van der Waals surface area contributed by atoms with Crippen LogP contribution in [-0.2, 0) is 0 Å². The highest BCUT2D eigenvalue weighted by atomic mass is 35.5. The maximum atomic E-state index is 6.00. The Hall–Kier alpha value is -0.840. The number of nitrogens with zero attached hydrogens (tertiary/aromatic N) is 1. The van der Waals surface area contributed by atoms with Gasteiger partial charge in [-0.25, -0.2) is 4.98 Å². The lowest BCUT2D eigenvalue weighted by Crippen LogP contribution is -2.12. The summed E-state index contributed by atoms with van der Waals surface area (Å²) in [6, 6.07) is 5.78. The molecule has 1 aromatic heterocycles. The Morgan fingerprint density at radius 2 is 2.36 bits per heavy atom. The van der Waals surface area contributed by atoms with Crippen molar-refractivity contribution < 1.29 is 0 Å². The first-order valence-corrected chi connectivity index (χ1v) is 5.49. The summed E-state index contributed by atoms with van der Waals surface area (Å²) in [4.78, 5) is 4.37. The number of benzene rings is 1. The van der Waals surface area contributed by atoms with Crippen molar-refractivity contribution in [3.05, 3.63) is 23.2 Å². The molecule has 0 spiro atoms. The Labute approximate surface area is 90.9 Å². The van der Waals surface area contributed by atoms with Crippen molar-refractivity contribution in [2.75, 3.05) is 18.4 Å². The first kappa shape index (κ1) is 9.71. The number of thiazole rings is 1. The minimum atomic E-state index is 0.601. The predicted octanol–water partition coefficient (Wildman–Crippen LogP) is 2.32. The van der Waals surface area contributed by atoms with Gasteiger partial charge in [-0.3, -0.25) is 0 Å². The molecule has 5 heteroatoms. The second kappa shape index (κ2) is 4.13. The zero-order valence-corrected chi connectivity index (χ0v) is 9.03. The number of nitrogens with one attached hydrogen (secondary N) is 1. The lowest BCUT2D eigenvalue weighted by Gasteiger charge is -1.96. The highest BCUT2D eigenvalue weighted by molar-refractivity contribution is 7.22. The fourth-order valence-corrected chi connectivity index (χ4v) is 2.36. The normalized spacial score (nSPS) is 10.7. The molecule has 3 nitrogen and oxygen atoms in total. The van der Waals surface area contributed by atoms with Gasteiger partial charge in [0.1, 0.15) is 5.52 Å². The Morgan fingerprint density at radius 3 is 3.07 bits per heavy atom. The highest BCUT2D eigenvalue weighted by Gasteiger charge is 2.05. The van der Waals surface area contributed by atoms with Crippen LogP contribution < -0.4 is 11.1 Å². The molecule has 0 aliphatic carbocycles. The highest BCUT2D eigenvalue weighted by Crippen LogP contribution is 2.30. The fourth-order valence-electron chi connectivity index (χ4n) is 1.17. The molecule has 14 heavy (non-hydrogen) atoms. The third-order valence-corrected chi connectivity index (χ3v) is 3.07. The zero-order chi connectivity index (χ0) is 9.97. The molecule has 74 valence electrons. The van der Waals surface area contributed by atoms with Gasteiger partial charge in [-0.2, -0.15) is 0 Å². The zero-order valence-electron chi connectivity index (χ0n) is 7.46. The van der Waals surface area contributed by atoms with Gasteiger partial charge < -0.3 is 11.1 Å². The topological polar surface area (TPSA) is 50.9 Å². The average Bonchev–Trinajstić information content (AvgIpc) is 2.59. The quantitative estimate of drug-likeness (QED) is 0.846. The van der Waals surface area contributed by atoms with Crippen molar-refractivity contribution in [2.24, 2.45) is 5.73 Å². The SMILES string of the molecule is NCCNc1nc2c(Cl)cccc2s1. The number of fused-ring (bicyclic) bond motifs is 1. The molecule has 0 unspecified atom stereocenters. The van der Waals surface area contributed by atoms with E-state index in [0.29, 0.717) is 11.6 Å². The van der Waals surface area contributed by atoms with E-state index in [4.69, 9.17) is 17.3 Å². The molecule has 3 N–H and O–H groups in total. The van der Waals surface area contributed by atoms with Crippen LogP contribution in [0, 0.1) is 0 Å². The summed E-state index contributed by atoms with van der Waals surface area (Å²) in [5.41, 5.74) is 6.25. The molecule has 2 rings (SSSR count). The van der Waals surface area contributed by atoms with Crippen molar-refractivity contribution >= 4 is 38.3 Å². The van der Waals surface area contributed by atoms with Gasteiger partial charge in [0, 0.05) is 13.1 Å². The smallest absolute Gasteiger partial charge is 0.183 e. The number of halogens is 1. The molecule has 0 aliphatic heterocycles. The lowest BCUT2D eigenvalue weighted by atomic mass is 10.3. The van der Waals surface area contributed by atoms with Gasteiger partial charge in [0.2, 0.25) is 0 Å². The summed E-state index contributed by atoms with van der Waals surface area (Å²) >= 11 is 7.59. The van der Waals surface area contributed by atoms with Crippen molar-refractivity contribution in [1.29, 1.82) is 0 Å². The van der Waals surface area contributed by atoms with E-state index in [1.807, 2.05) is 18.2 Å². The molecule has 0 bridgehead atoms. The van der Waals surface area contributed by atoms with Gasteiger partial charge >= 0.3 is 0 Å². The van der Waals surface area contributed by atoms with Crippen molar-refractivity contribution in [2.45, 2.75) is 0 Å². The second-order valence-electron chi connectivity index (χ2n) is 2.82. The lowest BCUT2D eigenvalue weighted by molar-refractivity contribution is 1.02. The number of hydrogen-bond acceptors (Lipinski definition) is 4. The van der Waals surface area contributed by atoms with E-state index in [-0.39, 0.29) is 0 Å². The summed E-state index contributed by atoms with van der Waals surface area (Å²) in [6.07, 6.45) is 0. The Bertz CT molecular complexity index is 441. The maximum absolute atomic E-state index is 6.00. The summed E-state index contributed by atoms with van der Waals surface area (Å²) < 4.78 is 1.09. The van der Waals surface area contributed by atoms with Crippen molar-refractivity contribution in [3.8, 4) is 0 Å². The number of hydrogen-bond donors (Lipinski definition) is 2. The maximum Gasteiger partial charge on any atom is 0.183 e. The van der Waals surface area contributed by atoms with Crippen molar-refractivity contribution in [1.82, 2.24) is 4.98 Å². The van der Waals surface area contributed by atoms with E-state index in [2.05, 4.69) is 10.3 Å². The first-order chi connectivity index (χ1) is 6.81. The molecule has 0 atom stereocenters. The monoisotopic (exact) mass is 227 g/mol. The largest absolute Gasteiger partial charge is 0.360 e. The molecular weight excluding hydrogens is 218 g/mol. The molecule has 0 radical (unpaired) electrons. The van der Waals surface area contributed by atoms with Crippen molar-refractivity contribution in [3.63, 3.8) is 0 Å². The van der Waals surface area contributed by atoms with Crippen LogP contribution in [0.15, 0.2) is 18.2 Å². The summed E-state index contributed by atoms with van der Waals surface area (Å²) in [5.74, 6) is 0. The Morgan fingerprint density at radius 1 is 1.50 bits per heavy atom. The fraction of sp³-hybridized carbons (Fsp3) is 0.222. The van der Waals surface area contributed by atoms with Crippen LogP contribution >= 0.6 is 22.9 Å². The predicted molar refractivity (Wildman–Crippen MR) is 62.2 cm³/mol. The number of nitrogens with two attached hydrogens (primary N) is 1. The van der Waals surface area contributed by atoms with Crippen LogP contribution in [0.1, 0.15) is 0 Å². The molecule has 1 aromatic carbocycles. The van der Waals surface area contributed by atoms with E-state index in [1.54, 1.807) is 11.3 Å². The molecule has 2 aromatic rings. The van der Waals surface area contributed by atoms with Gasteiger partial charge in [-0.15, -0.1) is 0 Å². The van der Waals surface area contributed by atoms with Gasteiger partial charge in [0.05, 0.1) is 9.72 Å². The molecule has 0 saturated carbocycles. The van der Waals surface area contributed by atoms with E-state index in [0.717, 1.165) is 21.9 Å². The number of para-hydroxylation sites is 1. The number of anilines is 1. The Kier molecular flexibility index (Phi) is 2.86. The summed E-state index contributed by atoms with van der Waals surface area (Å²) in [5, 5.41) is 4.70. The van der Waals surface area contributed by atoms with Crippen LogP contribution in [0.4, 0.5) is 5.13 Å². The molecular formula is C9H10ClN3S. The first-order valence-electron chi connectivity index (χ1n) is 4.30. The summed E-state index contributed by atoms with van der Waals surface area (Å²) in [7, 11) is 0. The van der Waals surface area contributed by atoms with Crippen LogP contribution in [0.5, 0.6) is 0 Å². The van der Waals surface area contributed by atoms with E-state index in [9.17, 15) is 0 Å². The summed E-state index contributed by atoms with van der Waals surface area (Å²) in [6.45, 7) is 1.33. The minimum Gasteiger partial charge on any atom is -0.360 e. The third-order valence-electron chi connectivity index (χ3n) is 1.79. The van der Waals surface area contributed by atoms with Gasteiger partial charge in [0.15, 0.2) is 5.13 Å². The molecule has 0 aliphatic rings. The second-order valence-corrected chi connectivity index (χ2v) is 4.26. The molecule has 0 saturated heterocycles. The van der Waals surface area contributed by atoms with Crippen LogP contribution in [-0.4, -0.2) is 18.1 Å². The van der Waals surface area contributed by atoms with Gasteiger partial charge in [-0.1, -0.05) is 29.0 Å². The van der Waals surface area contributed by atoms with E-state index in [1.165, 1.54) is 0 Å². The molecule has 0 amide bonds. The van der Waals surface area contributed by atoms with Gasteiger partial charge in [-0.05, 0) is 12.1 Å². The Balaban J connectivity index is 2.36. The van der Waals surface area contributed by atoms with Crippen LogP contribution in [0.25, 0.3) is 10.2 Å². The number of aromatic nitrogens is 1. The molecule has 0 fully saturated rings. The van der Waals surface area contributed by atoms with E-state index < -0.39 is 0 Å². The minimum absolute atomic E-state index is 0.601.